The lowest BCUT2D eigenvalue weighted by Crippen LogP contribution is -1.96. The maximum absolute atomic E-state index is 9.84. The van der Waals surface area contributed by atoms with Crippen molar-refractivity contribution in [2.24, 2.45) is 0 Å². The maximum atomic E-state index is 9.84. The molecule has 1 heterocycles. The van der Waals surface area contributed by atoms with Crippen LogP contribution in [0.4, 0.5) is 0 Å². The van der Waals surface area contributed by atoms with E-state index in [1.165, 1.54) is 0 Å². The fourth-order valence-corrected chi connectivity index (χ4v) is 2.33. The molecule has 1 aromatic rings. The molecular weight excluding hydrogens is 194 g/mol. The number of aryl methyl sites for hydroxylation is 2. The number of thiazole rings is 1. The van der Waals surface area contributed by atoms with E-state index in [2.05, 4.69) is 10.9 Å². The SMILES string of the molecule is C#CCCCC(O)c1sc(C)nc1C. The van der Waals surface area contributed by atoms with Gasteiger partial charge in [0, 0.05) is 6.42 Å². The number of rotatable bonds is 4. The smallest absolute Gasteiger partial charge is 0.0901 e. The molecule has 76 valence electrons. The van der Waals surface area contributed by atoms with Crippen LogP contribution in [0.2, 0.25) is 0 Å². The van der Waals surface area contributed by atoms with E-state index in [1.54, 1.807) is 11.3 Å². The Hall–Kier alpha value is -0.850. The topological polar surface area (TPSA) is 33.1 Å². The van der Waals surface area contributed by atoms with Gasteiger partial charge >= 0.3 is 0 Å². The minimum atomic E-state index is -0.394. The quantitative estimate of drug-likeness (QED) is 0.611. The van der Waals surface area contributed by atoms with E-state index in [9.17, 15) is 5.11 Å². The first-order valence-electron chi connectivity index (χ1n) is 4.70. The number of aliphatic hydroxyl groups excluding tert-OH is 1. The van der Waals surface area contributed by atoms with Gasteiger partial charge < -0.3 is 5.11 Å². The van der Waals surface area contributed by atoms with Gasteiger partial charge in [-0.2, -0.15) is 0 Å². The van der Waals surface area contributed by atoms with Crippen molar-refractivity contribution in [3.8, 4) is 12.3 Å². The molecule has 0 bridgehead atoms. The Balaban J connectivity index is 2.56. The average molecular weight is 209 g/mol. The molecule has 1 N–H and O–H groups in total. The summed E-state index contributed by atoms with van der Waals surface area (Å²) in [6.07, 6.45) is 7.08. The van der Waals surface area contributed by atoms with Crippen LogP contribution in [0.5, 0.6) is 0 Å². The molecule has 1 aromatic heterocycles. The van der Waals surface area contributed by atoms with Crippen LogP contribution in [0, 0.1) is 26.2 Å². The predicted octanol–water partition coefficient (Wildman–Crippen LogP) is 2.60. The standard InChI is InChI=1S/C11H15NOS/c1-4-5-6-7-10(13)11-8(2)12-9(3)14-11/h1,10,13H,5-7H2,2-3H3. The third-order valence-electron chi connectivity index (χ3n) is 2.04. The Morgan fingerprint density at radius 1 is 1.57 bits per heavy atom. The average Bonchev–Trinajstić information content (AvgIpc) is 2.45. The summed E-state index contributed by atoms with van der Waals surface area (Å²) < 4.78 is 0. The van der Waals surface area contributed by atoms with Crippen molar-refractivity contribution in [2.45, 2.75) is 39.2 Å². The van der Waals surface area contributed by atoms with E-state index in [0.717, 1.165) is 34.8 Å². The van der Waals surface area contributed by atoms with E-state index in [1.807, 2.05) is 13.8 Å². The zero-order valence-electron chi connectivity index (χ0n) is 8.58. The van der Waals surface area contributed by atoms with Gasteiger partial charge in [0.2, 0.25) is 0 Å². The summed E-state index contributed by atoms with van der Waals surface area (Å²) in [4.78, 5) is 5.26. The van der Waals surface area contributed by atoms with Crippen LogP contribution in [0.15, 0.2) is 0 Å². The Bertz CT molecular complexity index is 338. The van der Waals surface area contributed by atoms with Crippen LogP contribution in [-0.4, -0.2) is 10.1 Å². The predicted molar refractivity (Wildman–Crippen MR) is 59.2 cm³/mol. The van der Waals surface area contributed by atoms with E-state index < -0.39 is 6.10 Å². The Morgan fingerprint density at radius 2 is 2.29 bits per heavy atom. The van der Waals surface area contributed by atoms with Gasteiger partial charge in [-0.1, -0.05) is 0 Å². The largest absolute Gasteiger partial charge is 0.388 e. The van der Waals surface area contributed by atoms with E-state index in [-0.39, 0.29) is 0 Å². The molecule has 0 aromatic carbocycles. The zero-order chi connectivity index (χ0) is 10.6. The second-order valence-electron chi connectivity index (χ2n) is 3.29. The van der Waals surface area contributed by atoms with Crippen molar-refractivity contribution < 1.29 is 5.11 Å². The second-order valence-corrected chi connectivity index (χ2v) is 4.53. The molecule has 0 aliphatic carbocycles. The minimum absolute atomic E-state index is 0.394. The molecule has 1 rings (SSSR count). The molecule has 2 nitrogen and oxygen atoms in total. The lowest BCUT2D eigenvalue weighted by atomic mass is 10.1. The third kappa shape index (κ3) is 2.83. The Labute approximate surface area is 89.0 Å². The second kappa shape index (κ2) is 5.14. The van der Waals surface area contributed by atoms with Gasteiger partial charge in [0.25, 0.3) is 0 Å². The molecule has 0 saturated heterocycles. The molecule has 14 heavy (non-hydrogen) atoms. The Morgan fingerprint density at radius 3 is 2.79 bits per heavy atom. The fourth-order valence-electron chi connectivity index (χ4n) is 1.38. The van der Waals surface area contributed by atoms with Gasteiger partial charge in [-0.05, 0) is 26.7 Å². The Kier molecular flexibility index (Phi) is 4.12. The first-order valence-corrected chi connectivity index (χ1v) is 5.52. The summed E-state index contributed by atoms with van der Waals surface area (Å²) in [7, 11) is 0. The van der Waals surface area contributed by atoms with Crippen molar-refractivity contribution in [1.29, 1.82) is 0 Å². The van der Waals surface area contributed by atoms with Crippen molar-refractivity contribution in [1.82, 2.24) is 4.98 Å². The molecule has 0 radical (unpaired) electrons. The van der Waals surface area contributed by atoms with Crippen LogP contribution in [0.3, 0.4) is 0 Å². The molecule has 0 spiro atoms. The minimum Gasteiger partial charge on any atom is -0.388 e. The number of aromatic nitrogens is 1. The fraction of sp³-hybridized carbons (Fsp3) is 0.545. The number of hydrogen-bond acceptors (Lipinski definition) is 3. The van der Waals surface area contributed by atoms with Crippen molar-refractivity contribution in [3.63, 3.8) is 0 Å². The third-order valence-corrected chi connectivity index (χ3v) is 3.21. The summed E-state index contributed by atoms with van der Waals surface area (Å²) in [5.74, 6) is 2.57. The monoisotopic (exact) mass is 209 g/mol. The van der Waals surface area contributed by atoms with Gasteiger partial charge in [-0.15, -0.1) is 23.7 Å². The van der Waals surface area contributed by atoms with Crippen LogP contribution in [0.1, 0.15) is 40.9 Å². The molecule has 0 aliphatic heterocycles. The first-order chi connectivity index (χ1) is 6.65. The molecule has 1 unspecified atom stereocenters. The van der Waals surface area contributed by atoms with E-state index >= 15 is 0 Å². The lowest BCUT2D eigenvalue weighted by molar-refractivity contribution is 0.168. The normalized spacial score (nSPS) is 12.4. The van der Waals surface area contributed by atoms with Crippen LogP contribution < -0.4 is 0 Å². The maximum Gasteiger partial charge on any atom is 0.0901 e. The van der Waals surface area contributed by atoms with Crippen LogP contribution in [-0.2, 0) is 0 Å². The summed E-state index contributed by atoms with van der Waals surface area (Å²) in [5, 5.41) is 10.9. The number of aliphatic hydroxyl groups is 1. The molecule has 0 saturated carbocycles. The lowest BCUT2D eigenvalue weighted by Gasteiger charge is -2.07. The van der Waals surface area contributed by atoms with Crippen molar-refractivity contribution in [2.75, 3.05) is 0 Å². The highest BCUT2D eigenvalue weighted by molar-refractivity contribution is 7.11. The highest BCUT2D eigenvalue weighted by Crippen LogP contribution is 2.27. The van der Waals surface area contributed by atoms with Gasteiger partial charge in [0.1, 0.15) is 0 Å². The zero-order valence-corrected chi connectivity index (χ0v) is 9.40. The summed E-state index contributed by atoms with van der Waals surface area (Å²) in [6.45, 7) is 3.89. The van der Waals surface area contributed by atoms with E-state index in [4.69, 9.17) is 6.42 Å². The molecule has 1 atom stereocenters. The molecular formula is C11H15NOS. The van der Waals surface area contributed by atoms with Crippen molar-refractivity contribution in [3.05, 3.63) is 15.6 Å². The van der Waals surface area contributed by atoms with Gasteiger partial charge in [-0.3, -0.25) is 0 Å². The number of nitrogens with zero attached hydrogens (tertiary/aromatic N) is 1. The molecule has 0 fully saturated rings. The van der Waals surface area contributed by atoms with Gasteiger partial charge in [0.15, 0.2) is 0 Å². The molecule has 0 aliphatic rings. The molecule has 0 amide bonds. The number of hydrogen-bond donors (Lipinski definition) is 1. The highest BCUT2D eigenvalue weighted by atomic mass is 32.1. The summed E-state index contributed by atoms with van der Waals surface area (Å²) >= 11 is 1.57. The first kappa shape index (κ1) is 11.2. The van der Waals surface area contributed by atoms with Gasteiger partial charge in [0.05, 0.1) is 21.7 Å². The van der Waals surface area contributed by atoms with E-state index in [0.29, 0.717) is 0 Å². The molecule has 3 heteroatoms. The van der Waals surface area contributed by atoms with Crippen LogP contribution >= 0.6 is 11.3 Å². The van der Waals surface area contributed by atoms with Crippen LogP contribution in [0.25, 0.3) is 0 Å². The summed E-state index contributed by atoms with van der Waals surface area (Å²) in [5.41, 5.74) is 0.945. The van der Waals surface area contributed by atoms with Gasteiger partial charge in [-0.25, -0.2) is 4.98 Å². The number of terminal acetylenes is 1. The van der Waals surface area contributed by atoms with Crippen molar-refractivity contribution >= 4 is 11.3 Å². The number of unbranched alkanes of at least 4 members (excludes halogenated alkanes) is 1. The summed E-state index contributed by atoms with van der Waals surface area (Å²) in [6, 6.07) is 0. The highest BCUT2D eigenvalue weighted by Gasteiger charge is 2.13.